The number of aliphatic carboxylic acids is 1. The third kappa shape index (κ3) is 5.65. The second kappa shape index (κ2) is 3.83. The molecular weight excluding hydrogens is 124 g/mol. The molecule has 5 N–H and O–H groups in total. The Morgan fingerprint density at radius 3 is 2.00 bits per heavy atom. The summed E-state index contributed by atoms with van der Waals surface area (Å²) in [7, 11) is 0. The van der Waals surface area contributed by atoms with Crippen LogP contribution in [0, 0.1) is 0 Å². The van der Waals surface area contributed by atoms with Gasteiger partial charge in [-0.1, -0.05) is 11.6 Å². The first-order chi connectivity index (χ1) is 2.64. The highest BCUT2D eigenvalue weighted by atomic mass is 35.5. The fourth-order valence-corrected chi connectivity index (χ4v) is 0. The summed E-state index contributed by atoms with van der Waals surface area (Å²) in [4.78, 5) is 9.19. The van der Waals surface area contributed by atoms with Crippen LogP contribution in [0.15, 0.2) is 0 Å². The molecule has 0 spiro atoms. The van der Waals surface area contributed by atoms with Crippen LogP contribution >= 0.6 is 11.6 Å². The van der Waals surface area contributed by atoms with Crippen molar-refractivity contribution in [2.75, 3.05) is 0 Å². The molecule has 0 amide bonds. The van der Waals surface area contributed by atoms with Gasteiger partial charge in [0.15, 0.2) is 0 Å². The highest BCUT2D eigenvalue weighted by Gasteiger charge is 2.07. The number of quaternary nitrogens is 1. The van der Waals surface area contributed by atoms with Gasteiger partial charge >= 0.3 is 5.97 Å². The van der Waals surface area contributed by atoms with Crippen molar-refractivity contribution in [3.05, 3.63) is 0 Å². The molecule has 0 radical (unpaired) electrons. The molecule has 0 rings (SSSR count). The number of carboxylic acids is 1. The predicted octanol–water partition coefficient (Wildman–Crippen LogP) is 0.982. The van der Waals surface area contributed by atoms with E-state index in [0.717, 1.165) is 0 Å². The third-order valence-electron chi connectivity index (χ3n) is 0.187. The van der Waals surface area contributed by atoms with Gasteiger partial charge in [0.25, 0.3) is 5.63 Å². The average Bonchev–Trinajstić information content (AvgIpc) is 1.36. The summed E-state index contributed by atoms with van der Waals surface area (Å²) in [6.45, 7) is 0. The second-order valence-corrected chi connectivity index (χ2v) is 1.02. The molecule has 0 aromatic carbocycles. The number of rotatable bonds is 1. The van der Waals surface area contributed by atoms with Crippen molar-refractivity contribution in [3.8, 4) is 0 Å². The Morgan fingerprint density at radius 2 is 2.00 bits per heavy atom. The van der Waals surface area contributed by atoms with E-state index in [1.165, 1.54) is 0 Å². The molecule has 3 nitrogen and oxygen atoms in total. The van der Waals surface area contributed by atoms with Crippen LogP contribution in [0.5, 0.6) is 0 Å². The highest BCUT2D eigenvalue weighted by Crippen LogP contribution is 1.93. The molecule has 0 heterocycles. The van der Waals surface area contributed by atoms with Crippen molar-refractivity contribution in [1.82, 2.24) is 6.15 Å². The van der Waals surface area contributed by atoms with Gasteiger partial charge in [-0.05, 0) is 0 Å². The minimum absolute atomic E-state index is 0. The molecule has 0 aromatic heterocycles. The minimum Gasteiger partial charge on any atom is -0.478 e. The van der Waals surface area contributed by atoms with Crippen LogP contribution in [0.1, 0.15) is 0 Å². The second-order valence-electron chi connectivity index (χ2n) is 0.639. The fraction of sp³-hybridized carbons (Fsp3) is 0.500. The summed E-state index contributed by atoms with van der Waals surface area (Å²) >= 11 is 4.35. The summed E-state index contributed by atoms with van der Waals surface area (Å²) in [5.74, 6) is -1.64. The summed E-state index contributed by atoms with van der Waals surface area (Å²) in [5.41, 5.74) is -2.26. The predicted molar refractivity (Wildman–Crippen MR) is 24.4 cm³/mol. The molecule has 0 saturated heterocycles. The van der Waals surface area contributed by atoms with Gasteiger partial charge in [0.1, 0.15) is 0 Å². The lowest BCUT2D eigenvalue weighted by atomic mass is 10.8. The Labute approximate surface area is 44.7 Å². The van der Waals surface area contributed by atoms with Crippen LogP contribution in [0.3, 0.4) is 0 Å². The quantitative estimate of drug-likeness (QED) is 0.520. The maximum absolute atomic E-state index is 11.0. The van der Waals surface area contributed by atoms with E-state index in [-0.39, 0.29) is 6.15 Å². The molecule has 0 saturated carbocycles. The maximum Gasteiger partial charge on any atom is 0.354 e. The topological polar surface area (TPSA) is 73.8 Å². The zero-order chi connectivity index (χ0) is 5.15. The van der Waals surface area contributed by atoms with E-state index in [1.54, 1.807) is 0 Å². The van der Waals surface area contributed by atoms with Gasteiger partial charge in [-0.25, -0.2) is 9.18 Å². The molecule has 44 valence electrons. The van der Waals surface area contributed by atoms with Gasteiger partial charge in [-0.2, -0.15) is 0 Å². The van der Waals surface area contributed by atoms with E-state index in [0.29, 0.717) is 0 Å². The number of halogens is 2. The molecule has 0 aliphatic rings. The fourth-order valence-electron chi connectivity index (χ4n) is 0. The van der Waals surface area contributed by atoms with Gasteiger partial charge in [-0.3, -0.25) is 0 Å². The van der Waals surface area contributed by atoms with Crippen molar-refractivity contribution in [3.63, 3.8) is 0 Å². The summed E-state index contributed by atoms with van der Waals surface area (Å²) in [6, 6.07) is 0. The van der Waals surface area contributed by atoms with Crippen molar-refractivity contribution >= 4 is 17.6 Å². The molecule has 1 atom stereocenters. The highest BCUT2D eigenvalue weighted by molar-refractivity contribution is 6.28. The molecule has 0 aliphatic carbocycles. The van der Waals surface area contributed by atoms with Crippen molar-refractivity contribution < 1.29 is 14.3 Å². The number of hydrogen-bond donors (Lipinski definition) is 2. The van der Waals surface area contributed by atoms with Gasteiger partial charge in [0.2, 0.25) is 0 Å². The Balaban J connectivity index is 0. The van der Waals surface area contributed by atoms with Gasteiger partial charge in [0.05, 0.1) is 0 Å². The van der Waals surface area contributed by atoms with Crippen LogP contribution in [0.2, 0.25) is 0 Å². The maximum atomic E-state index is 11.0. The molecule has 0 unspecified atom stereocenters. The van der Waals surface area contributed by atoms with Gasteiger partial charge in [0, 0.05) is 0 Å². The van der Waals surface area contributed by atoms with Crippen LogP contribution in [0.4, 0.5) is 4.39 Å². The Morgan fingerprint density at radius 1 is 1.86 bits per heavy atom. The first-order valence-electron chi connectivity index (χ1n) is 1.15. The minimum atomic E-state index is -2.26. The number of carboxylic acid groups (broad SMARTS) is 1. The smallest absolute Gasteiger partial charge is 0.354 e. The van der Waals surface area contributed by atoms with E-state index in [1.807, 2.05) is 0 Å². The molecular formula is C2H6ClFNO2+. The molecule has 0 aliphatic heterocycles. The third-order valence-corrected chi connectivity index (χ3v) is 0.373. The van der Waals surface area contributed by atoms with E-state index >= 15 is 0 Å². The van der Waals surface area contributed by atoms with Crippen molar-refractivity contribution in [2.24, 2.45) is 0 Å². The summed E-state index contributed by atoms with van der Waals surface area (Å²) in [6.07, 6.45) is 0. The lowest BCUT2D eigenvalue weighted by molar-refractivity contribution is -0.139. The van der Waals surface area contributed by atoms with Gasteiger partial charge in [-0.15, -0.1) is 0 Å². The molecule has 0 aromatic rings. The summed E-state index contributed by atoms with van der Waals surface area (Å²) < 4.78 is 11.0. The Kier molecular flexibility index (Phi) is 5.37. The Bertz CT molecular complexity index is 66.7. The normalized spacial score (nSPS) is 11.7. The van der Waals surface area contributed by atoms with Crippen LogP contribution in [-0.2, 0) is 4.79 Å². The number of carbonyl (C=O) groups is 1. The molecule has 5 heteroatoms. The Hall–Kier alpha value is -0.350. The van der Waals surface area contributed by atoms with Crippen LogP contribution in [-0.4, -0.2) is 16.7 Å². The van der Waals surface area contributed by atoms with Crippen LogP contribution in [0.25, 0.3) is 0 Å². The summed E-state index contributed by atoms with van der Waals surface area (Å²) in [5, 5.41) is 7.48. The van der Waals surface area contributed by atoms with E-state index in [2.05, 4.69) is 11.6 Å². The van der Waals surface area contributed by atoms with Gasteiger partial charge < -0.3 is 11.3 Å². The molecule has 7 heavy (non-hydrogen) atoms. The lowest BCUT2D eigenvalue weighted by Crippen LogP contribution is -2.05. The monoisotopic (exact) mass is 130 g/mol. The van der Waals surface area contributed by atoms with Crippen molar-refractivity contribution in [2.45, 2.75) is 5.63 Å². The zero-order valence-corrected chi connectivity index (χ0v) is 4.44. The number of alkyl halides is 2. The largest absolute Gasteiger partial charge is 0.478 e. The first-order valence-corrected chi connectivity index (χ1v) is 1.59. The van der Waals surface area contributed by atoms with E-state index in [4.69, 9.17) is 5.11 Å². The van der Waals surface area contributed by atoms with E-state index < -0.39 is 11.6 Å². The molecule has 0 bridgehead atoms. The van der Waals surface area contributed by atoms with E-state index in [9.17, 15) is 9.18 Å². The zero-order valence-electron chi connectivity index (χ0n) is 3.69. The number of hydrogen-bond acceptors (Lipinski definition) is 1. The SMILES string of the molecule is O=C(O)[C@@H](F)Cl.[NH4+]. The van der Waals surface area contributed by atoms with Crippen LogP contribution < -0.4 is 6.15 Å². The average molecular weight is 131 g/mol. The molecule has 0 fully saturated rings. The lowest BCUT2D eigenvalue weighted by Gasteiger charge is -1.82. The standard InChI is InChI=1S/C2H2ClFO2.H3N/c3-1(4)2(5)6;/h1H,(H,5,6);1H3/p+1/t1-;/m1./s1. The first kappa shape index (κ1) is 9.82. The van der Waals surface area contributed by atoms with Crippen molar-refractivity contribution in [1.29, 1.82) is 0 Å².